The van der Waals surface area contributed by atoms with E-state index in [0.717, 1.165) is 0 Å². The van der Waals surface area contributed by atoms with Crippen molar-refractivity contribution in [3.8, 4) is 0 Å². The summed E-state index contributed by atoms with van der Waals surface area (Å²) in [5, 5.41) is 2.66. The van der Waals surface area contributed by atoms with Gasteiger partial charge in [-0.15, -0.1) is 4.91 Å². The molecule has 0 atom stereocenters. The lowest BCUT2D eigenvalue weighted by atomic mass is 10.4. The molecule has 1 rings (SSSR count). The number of H-pyrrole nitrogens is 1. The molecule has 0 radical (unpaired) electrons. The van der Waals surface area contributed by atoms with E-state index >= 15 is 0 Å². The molecule has 0 saturated carbocycles. The summed E-state index contributed by atoms with van der Waals surface area (Å²) in [6, 6.07) is 3.52. The molecule has 1 aromatic heterocycles. The number of aromatic amines is 1. The first kappa shape index (κ1) is 5.75. The summed E-state index contributed by atoms with van der Waals surface area (Å²) >= 11 is 0. The molecule has 46 valence electrons. The SMILES string of the molecule is C=C(N=O)c1ccc[nH]1. The smallest absolute Gasteiger partial charge is 0.124 e. The second-order valence-electron chi connectivity index (χ2n) is 1.62. The molecule has 0 fully saturated rings. The molecular weight excluding hydrogens is 116 g/mol. The molecule has 9 heavy (non-hydrogen) atoms. The Kier molecular flexibility index (Phi) is 1.44. The van der Waals surface area contributed by atoms with Crippen LogP contribution in [0.4, 0.5) is 0 Å². The third-order valence-electron chi connectivity index (χ3n) is 1.02. The van der Waals surface area contributed by atoms with Gasteiger partial charge >= 0.3 is 0 Å². The standard InChI is InChI=1S/C6H6N2O/c1-5(8-9)6-3-2-4-7-6/h2-4,7H,1H2. The molecule has 1 aromatic rings. The van der Waals surface area contributed by atoms with E-state index in [9.17, 15) is 4.91 Å². The second-order valence-corrected chi connectivity index (χ2v) is 1.62. The number of rotatable bonds is 2. The van der Waals surface area contributed by atoms with Crippen LogP contribution >= 0.6 is 0 Å². The third kappa shape index (κ3) is 1.05. The van der Waals surface area contributed by atoms with Gasteiger partial charge in [0.1, 0.15) is 5.70 Å². The van der Waals surface area contributed by atoms with Crippen molar-refractivity contribution in [3.63, 3.8) is 0 Å². The number of nitrogens with zero attached hydrogens (tertiary/aromatic N) is 1. The van der Waals surface area contributed by atoms with E-state index in [4.69, 9.17) is 0 Å². The maximum Gasteiger partial charge on any atom is 0.124 e. The average Bonchev–Trinajstić information content (AvgIpc) is 2.37. The Balaban J connectivity index is 2.89. The van der Waals surface area contributed by atoms with Crippen molar-refractivity contribution in [2.75, 3.05) is 0 Å². The summed E-state index contributed by atoms with van der Waals surface area (Å²) in [6.07, 6.45) is 1.71. The molecule has 0 unspecified atom stereocenters. The van der Waals surface area contributed by atoms with Crippen molar-refractivity contribution in [1.82, 2.24) is 4.98 Å². The number of hydrogen-bond acceptors (Lipinski definition) is 2. The van der Waals surface area contributed by atoms with Gasteiger partial charge in [0.05, 0.1) is 5.69 Å². The van der Waals surface area contributed by atoms with E-state index in [1.54, 1.807) is 18.3 Å². The van der Waals surface area contributed by atoms with E-state index in [0.29, 0.717) is 5.69 Å². The number of hydrogen-bond donors (Lipinski definition) is 1. The molecule has 0 amide bonds. The molecule has 0 saturated heterocycles. The minimum absolute atomic E-state index is 0.236. The largest absolute Gasteiger partial charge is 0.360 e. The zero-order valence-corrected chi connectivity index (χ0v) is 4.79. The lowest BCUT2D eigenvalue weighted by Gasteiger charge is -1.85. The molecule has 0 bridgehead atoms. The predicted molar refractivity (Wildman–Crippen MR) is 35.6 cm³/mol. The molecule has 0 spiro atoms. The van der Waals surface area contributed by atoms with Crippen LogP contribution < -0.4 is 0 Å². The minimum Gasteiger partial charge on any atom is -0.360 e. The average molecular weight is 122 g/mol. The van der Waals surface area contributed by atoms with Crippen LogP contribution in [0.2, 0.25) is 0 Å². The van der Waals surface area contributed by atoms with Gasteiger partial charge in [-0.05, 0) is 17.3 Å². The fraction of sp³-hybridized carbons (Fsp3) is 0. The molecule has 1 N–H and O–H groups in total. The van der Waals surface area contributed by atoms with Crippen LogP contribution in [0, 0.1) is 4.91 Å². The predicted octanol–water partition coefficient (Wildman–Crippen LogP) is 1.75. The Morgan fingerprint density at radius 2 is 2.56 bits per heavy atom. The summed E-state index contributed by atoms with van der Waals surface area (Å²) in [7, 11) is 0. The minimum atomic E-state index is 0.236. The number of nitrogens with one attached hydrogen (secondary N) is 1. The van der Waals surface area contributed by atoms with Crippen molar-refractivity contribution in [3.05, 3.63) is 35.5 Å². The first-order valence-electron chi connectivity index (χ1n) is 2.50. The van der Waals surface area contributed by atoms with Crippen LogP contribution in [0.3, 0.4) is 0 Å². The fourth-order valence-electron chi connectivity index (χ4n) is 0.559. The summed E-state index contributed by atoms with van der Waals surface area (Å²) < 4.78 is 0. The zero-order chi connectivity index (χ0) is 6.69. The van der Waals surface area contributed by atoms with Gasteiger partial charge in [-0.25, -0.2) is 0 Å². The second kappa shape index (κ2) is 2.26. The Labute approximate surface area is 52.4 Å². The van der Waals surface area contributed by atoms with Gasteiger partial charge in [-0.3, -0.25) is 0 Å². The first-order valence-corrected chi connectivity index (χ1v) is 2.50. The Hall–Kier alpha value is -1.38. The Morgan fingerprint density at radius 3 is 3.00 bits per heavy atom. The Morgan fingerprint density at radius 1 is 1.78 bits per heavy atom. The van der Waals surface area contributed by atoms with Gasteiger partial charge < -0.3 is 4.98 Å². The quantitative estimate of drug-likeness (QED) is 0.596. The highest BCUT2D eigenvalue weighted by atomic mass is 16.3. The van der Waals surface area contributed by atoms with Gasteiger partial charge in [-0.2, -0.15) is 0 Å². The molecule has 3 heteroatoms. The van der Waals surface area contributed by atoms with Gasteiger partial charge in [0.15, 0.2) is 0 Å². The van der Waals surface area contributed by atoms with Crippen LogP contribution in [0.5, 0.6) is 0 Å². The van der Waals surface area contributed by atoms with Gasteiger partial charge in [0, 0.05) is 6.20 Å². The van der Waals surface area contributed by atoms with Crippen molar-refractivity contribution < 1.29 is 0 Å². The van der Waals surface area contributed by atoms with Gasteiger partial charge in [-0.1, -0.05) is 6.58 Å². The van der Waals surface area contributed by atoms with Crippen molar-refractivity contribution in [1.29, 1.82) is 0 Å². The summed E-state index contributed by atoms with van der Waals surface area (Å²) in [6.45, 7) is 3.41. The third-order valence-corrected chi connectivity index (χ3v) is 1.02. The molecule has 0 aliphatic rings. The van der Waals surface area contributed by atoms with E-state index < -0.39 is 0 Å². The fourth-order valence-corrected chi connectivity index (χ4v) is 0.559. The maximum absolute atomic E-state index is 9.83. The molecule has 0 aliphatic carbocycles. The Bertz CT molecular complexity index is 213. The zero-order valence-electron chi connectivity index (χ0n) is 4.79. The first-order chi connectivity index (χ1) is 4.34. The van der Waals surface area contributed by atoms with Crippen LogP contribution in [0.25, 0.3) is 5.70 Å². The molecule has 3 nitrogen and oxygen atoms in total. The molecule has 0 aromatic carbocycles. The van der Waals surface area contributed by atoms with Crippen molar-refractivity contribution >= 4 is 5.70 Å². The van der Waals surface area contributed by atoms with Gasteiger partial charge in [0.2, 0.25) is 0 Å². The lowest BCUT2D eigenvalue weighted by molar-refractivity contribution is 1.32. The van der Waals surface area contributed by atoms with E-state index in [2.05, 4.69) is 16.7 Å². The van der Waals surface area contributed by atoms with E-state index in [1.165, 1.54) is 0 Å². The summed E-state index contributed by atoms with van der Waals surface area (Å²) in [5.74, 6) is 0. The molecular formula is C6H6N2O. The highest BCUT2D eigenvalue weighted by molar-refractivity contribution is 5.58. The maximum atomic E-state index is 9.83. The summed E-state index contributed by atoms with van der Waals surface area (Å²) in [4.78, 5) is 12.6. The van der Waals surface area contributed by atoms with E-state index in [1.807, 2.05) is 0 Å². The number of nitroso groups, excluding NO2 is 1. The summed E-state index contributed by atoms with van der Waals surface area (Å²) in [5.41, 5.74) is 0.907. The van der Waals surface area contributed by atoms with Crippen LogP contribution in [-0.2, 0) is 0 Å². The van der Waals surface area contributed by atoms with Crippen LogP contribution in [0.15, 0.2) is 30.1 Å². The number of aromatic nitrogens is 1. The lowest BCUT2D eigenvalue weighted by Crippen LogP contribution is -1.74. The topological polar surface area (TPSA) is 45.2 Å². The highest BCUT2D eigenvalue weighted by Crippen LogP contribution is 2.08. The van der Waals surface area contributed by atoms with Crippen molar-refractivity contribution in [2.24, 2.45) is 5.18 Å². The van der Waals surface area contributed by atoms with Crippen LogP contribution in [-0.4, -0.2) is 4.98 Å². The van der Waals surface area contributed by atoms with Crippen molar-refractivity contribution in [2.45, 2.75) is 0 Å². The monoisotopic (exact) mass is 122 g/mol. The highest BCUT2D eigenvalue weighted by Gasteiger charge is 1.94. The van der Waals surface area contributed by atoms with Crippen LogP contribution in [0.1, 0.15) is 5.69 Å². The molecule has 0 aliphatic heterocycles. The molecule has 1 heterocycles. The van der Waals surface area contributed by atoms with E-state index in [-0.39, 0.29) is 5.70 Å². The normalized spacial score (nSPS) is 8.89. The van der Waals surface area contributed by atoms with Gasteiger partial charge in [0.25, 0.3) is 0 Å².